The predicted octanol–water partition coefficient (Wildman–Crippen LogP) is 1.57. The largest absolute Gasteiger partial charge is 0.393 e. The fourth-order valence-corrected chi connectivity index (χ4v) is 1.76. The lowest BCUT2D eigenvalue weighted by Gasteiger charge is -2.27. The summed E-state index contributed by atoms with van der Waals surface area (Å²) in [5.41, 5.74) is -0.268. The van der Waals surface area contributed by atoms with E-state index in [-0.39, 0.29) is 12.2 Å². The first kappa shape index (κ1) is 9.01. The van der Waals surface area contributed by atoms with E-state index in [1.807, 2.05) is 6.92 Å². The van der Waals surface area contributed by atoms with E-state index in [9.17, 15) is 0 Å². The van der Waals surface area contributed by atoms with Crippen LogP contribution in [0, 0.1) is 5.92 Å². The maximum Gasteiger partial charge on any atom is 0.0886 e. The van der Waals surface area contributed by atoms with Crippen LogP contribution in [0.15, 0.2) is 0 Å². The third-order valence-corrected chi connectivity index (χ3v) is 2.41. The number of hydrogen-bond donors (Lipinski definition) is 1. The monoisotopic (exact) mass is 158 g/mol. The first-order valence-corrected chi connectivity index (χ1v) is 4.41. The quantitative estimate of drug-likeness (QED) is 0.627. The Bertz CT molecular complexity index is 125. The van der Waals surface area contributed by atoms with E-state index in [0.717, 1.165) is 19.4 Å². The third-order valence-electron chi connectivity index (χ3n) is 2.41. The van der Waals surface area contributed by atoms with Gasteiger partial charge in [0.2, 0.25) is 0 Å². The minimum atomic E-state index is -0.268. The number of aliphatic hydroxyl groups is 1. The highest BCUT2D eigenvalue weighted by Crippen LogP contribution is 2.27. The van der Waals surface area contributed by atoms with Crippen molar-refractivity contribution in [2.75, 3.05) is 13.2 Å². The molecule has 11 heavy (non-hydrogen) atoms. The van der Waals surface area contributed by atoms with Crippen LogP contribution in [0.1, 0.15) is 33.1 Å². The SMILES string of the molecule is CC1CCCO[C@](C)(CO)C1. The van der Waals surface area contributed by atoms with Crippen molar-refractivity contribution in [2.24, 2.45) is 5.92 Å². The summed E-state index contributed by atoms with van der Waals surface area (Å²) in [7, 11) is 0. The van der Waals surface area contributed by atoms with Gasteiger partial charge < -0.3 is 9.84 Å². The zero-order valence-corrected chi connectivity index (χ0v) is 7.47. The molecular formula is C9H18O2. The highest BCUT2D eigenvalue weighted by Gasteiger charge is 2.28. The summed E-state index contributed by atoms with van der Waals surface area (Å²) in [4.78, 5) is 0. The molecule has 0 aromatic carbocycles. The molecule has 0 amide bonds. The maximum atomic E-state index is 9.07. The Morgan fingerprint density at radius 3 is 3.00 bits per heavy atom. The van der Waals surface area contributed by atoms with Gasteiger partial charge in [-0.15, -0.1) is 0 Å². The first-order chi connectivity index (χ1) is 5.16. The van der Waals surface area contributed by atoms with Crippen LogP contribution in [0.3, 0.4) is 0 Å². The van der Waals surface area contributed by atoms with E-state index in [1.165, 1.54) is 6.42 Å². The van der Waals surface area contributed by atoms with E-state index in [4.69, 9.17) is 9.84 Å². The van der Waals surface area contributed by atoms with Gasteiger partial charge in [-0.3, -0.25) is 0 Å². The summed E-state index contributed by atoms with van der Waals surface area (Å²) in [5.74, 6) is 0.689. The molecule has 2 nitrogen and oxygen atoms in total. The average Bonchev–Trinajstić information content (AvgIpc) is 2.13. The molecule has 0 aliphatic carbocycles. The van der Waals surface area contributed by atoms with Crippen molar-refractivity contribution in [2.45, 2.75) is 38.7 Å². The predicted molar refractivity (Wildman–Crippen MR) is 44.5 cm³/mol. The van der Waals surface area contributed by atoms with Crippen LogP contribution in [0.5, 0.6) is 0 Å². The van der Waals surface area contributed by atoms with Gasteiger partial charge in [0.05, 0.1) is 12.2 Å². The Balaban J connectivity index is 2.51. The topological polar surface area (TPSA) is 29.5 Å². The molecule has 66 valence electrons. The summed E-state index contributed by atoms with van der Waals surface area (Å²) in [6, 6.07) is 0. The molecule has 1 aliphatic heterocycles. The van der Waals surface area contributed by atoms with Crippen molar-refractivity contribution in [1.82, 2.24) is 0 Å². The lowest BCUT2D eigenvalue weighted by atomic mass is 9.92. The Kier molecular flexibility index (Phi) is 2.90. The number of aliphatic hydroxyl groups excluding tert-OH is 1. The zero-order valence-electron chi connectivity index (χ0n) is 7.47. The normalized spacial score (nSPS) is 40.1. The van der Waals surface area contributed by atoms with E-state index in [2.05, 4.69) is 6.92 Å². The van der Waals surface area contributed by atoms with E-state index in [1.54, 1.807) is 0 Å². The molecule has 1 unspecified atom stereocenters. The number of hydrogen-bond acceptors (Lipinski definition) is 2. The van der Waals surface area contributed by atoms with Crippen molar-refractivity contribution in [3.63, 3.8) is 0 Å². The molecule has 1 fully saturated rings. The minimum Gasteiger partial charge on any atom is -0.393 e. The van der Waals surface area contributed by atoms with Crippen LogP contribution in [0.2, 0.25) is 0 Å². The Hall–Kier alpha value is -0.0800. The van der Waals surface area contributed by atoms with Gasteiger partial charge in [0.25, 0.3) is 0 Å². The molecule has 1 saturated heterocycles. The van der Waals surface area contributed by atoms with Gasteiger partial charge in [0.15, 0.2) is 0 Å². The van der Waals surface area contributed by atoms with Gasteiger partial charge in [0, 0.05) is 6.61 Å². The van der Waals surface area contributed by atoms with Gasteiger partial charge in [-0.2, -0.15) is 0 Å². The molecule has 0 spiro atoms. The third kappa shape index (κ3) is 2.46. The maximum absolute atomic E-state index is 9.07. The lowest BCUT2D eigenvalue weighted by molar-refractivity contribution is -0.0677. The summed E-state index contributed by atoms with van der Waals surface area (Å²) in [6.07, 6.45) is 3.36. The molecule has 1 N–H and O–H groups in total. The smallest absolute Gasteiger partial charge is 0.0886 e. The van der Waals surface area contributed by atoms with Crippen LogP contribution in [0.4, 0.5) is 0 Å². The average molecular weight is 158 g/mol. The molecule has 0 saturated carbocycles. The summed E-state index contributed by atoms with van der Waals surface area (Å²) < 4.78 is 5.56. The fourth-order valence-electron chi connectivity index (χ4n) is 1.76. The van der Waals surface area contributed by atoms with Crippen molar-refractivity contribution in [3.05, 3.63) is 0 Å². The second kappa shape index (κ2) is 3.55. The molecular weight excluding hydrogens is 140 g/mol. The highest BCUT2D eigenvalue weighted by molar-refractivity contribution is 4.79. The van der Waals surface area contributed by atoms with E-state index < -0.39 is 0 Å². The second-order valence-electron chi connectivity index (χ2n) is 3.91. The van der Waals surface area contributed by atoms with Crippen LogP contribution in [-0.4, -0.2) is 23.9 Å². The molecule has 2 heteroatoms. The van der Waals surface area contributed by atoms with Crippen molar-refractivity contribution < 1.29 is 9.84 Å². The van der Waals surface area contributed by atoms with Crippen molar-refractivity contribution >= 4 is 0 Å². The molecule has 0 radical (unpaired) electrons. The Labute approximate surface area is 68.6 Å². The summed E-state index contributed by atoms with van der Waals surface area (Å²) in [6.45, 7) is 5.18. The van der Waals surface area contributed by atoms with Crippen LogP contribution >= 0.6 is 0 Å². The van der Waals surface area contributed by atoms with Gasteiger partial charge in [-0.05, 0) is 32.1 Å². The van der Waals surface area contributed by atoms with Crippen LogP contribution in [-0.2, 0) is 4.74 Å². The van der Waals surface area contributed by atoms with Gasteiger partial charge >= 0.3 is 0 Å². The molecule has 1 heterocycles. The standard InChI is InChI=1S/C9H18O2/c1-8-4-3-5-11-9(2,6-8)7-10/h8,10H,3-7H2,1-2H3/t8?,9-/m0/s1. The fraction of sp³-hybridized carbons (Fsp3) is 1.00. The van der Waals surface area contributed by atoms with Gasteiger partial charge in [-0.25, -0.2) is 0 Å². The minimum absolute atomic E-state index is 0.150. The van der Waals surface area contributed by atoms with Crippen molar-refractivity contribution in [3.8, 4) is 0 Å². The zero-order chi connectivity index (χ0) is 8.32. The van der Waals surface area contributed by atoms with Crippen molar-refractivity contribution in [1.29, 1.82) is 0 Å². The van der Waals surface area contributed by atoms with E-state index in [0.29, 0.717) is 5.92 Å². The lowest BCUT2D eigenvalue weighted by Crippen LogP contribution is -2.33. The molecule has 2 atom stereocenters. The Morgan fingerprint density at radius 1 is 1.64 bits per heavy atom. The highest BCUT2D eigenvalue weighted by atomic mass is 16.5. The molecule has 0 bridgehead atoms. The Morgan fingerprint density at radius 2 is 2.36 bits per heavy atom. The summed E-state index contributed by atoms with van der Waals surface area (Å²) >= 11 is 0. The first-order valence-electron chi connectivity index (χ1n) is 4.41. The number of ether oxygens (including phenoxy) is 1. The molecule has 0 aromatic rings. The molecule has 1 rings (SSSR count). The molecule has 1 aliphatic rings. The van der Waals surface area contributed by atoms with Crippen LogP contribution in [0.25, 0.3) is 0 Å². The van der Waals surface area contributed by atoms with Crippen LogP contribution < -0.4 is 0 Å². The number of rotatable bonds is 1. The second-order valence-corrected chi connectivity index (χ2v) is 3.91. The molecule has 0 aromatic heterocycles. The van der Waals surface area contributed by atoms with E-state index >= 15 is 0 Å². The van der Waals surface area contributed by atoms with Gasteiger partial charge in [-0.1, -0.05) is 6.92 Å². The summed E-state index contributed by atoms with van der Waals surface area (Å²) in [5, 5.41) is 9.07. The van der Waals surface area contributed by atoms with Gasteiger partial charge in [0.1, 0.15) is 0 Å².